The number of carbonyl (C=O) groups excluding carboxylic acids is 1. The molecule has 0 aliphatic heterocycles. The maximum atomic E-state index is 10.6. The van der Waals surface area contributed by atoms with Crippen LogP contribution in [-0.4, -0.2) is 5.78 Å². The highest BCUT2D eigenvalue weighted by Gasteiger charge is 1.98. The van der Waals surface area contributed by atoms with Crippen molar-refractivity contribution in [1.29, 1.82) is 0 Å². The average molecular weight is 153 g/mol. The second-order valence-corrected chi connectivity index (χ2v) is 3.30. The fourth-order valence-corrected chi connectivity index (χ4v) is 1.48. The summed E-state index contributed by atoms with van der Waals surface area (Å²) < 4.78 is 0. The molecule has 0 saturated heterocycles. The SMILES string of the molecule is [CH2]c1cc(CC(C)=O)cs1. The zero-order valence-corrected chi connectivity index (χ0v) is 6.70. The van der Waals surface area contributed by atoms with Crippen molar-refractivity contribution in [3.8, 4) is 0 Å². The average Bonchev–Trinajstić information content (AvgIpc) is 2.13. The van der Waals surface area contributed by atoms with E-state index >= 15 is 0 Å². The lowest BCUT2D eigenvalue weighted by Gasteiger charge is -1.87. The molecule has 0 amide bonds. The molecule has 1 aromatic heterocycles. The van der Waals surface area contributed by atoms with Gasteiger partial charge in [-0.3, -0.25) is 4.79 Å². The van der Waals surface area contributed by atoms with E-state index in [2.05, 4.69) is 6.92 Å². The van der Waals surface area contributed by atoms with Gasteiger partial charge in [-0.2, -0.15) is 0 Å². The molecule has 0 saturated carbocycles. The van der Waals surface area contributed by atoms with Gasteiger partial charge < -0.3 is 0 Å². The zero-order chi connectivity index (χ0) is 7.56. The van der Waals surface area contributed by atoms with E-state index in [9.17, 15) is 4.79 Å². The topological polar surface area (TPSA) is 17.1 Å². The molecule has 0 aromatic carbocycles. The number of carbonyl (C=O) groups is 1. The van der Waals surface area contributed by atoms with Crippen molar-refractivity contribution >= 4 is 17.1 Å². The van der Waals surface area contributed by atoms with Crippen molar-refractivity contribution in [1.82, 2.24) is 0 Å². The molecule has 1 heterocycles. The molecule has 1 radical (unpaired) electrons. The maximum Gasteiger partial charge on any atom is 0.134 e. The van der Waals surface area contributed by atoms with Crippen molar-refractivity contribution < 1.29 is 4.79 Å². The minimum atomic E-state index is 0.206. The second-order valence-electron chi connectivity index (χ2n) is 2.30. The van der Waals surface area contributed by atoms with Gasteiger partial charge in [-0.1, -0.05) is 0 Å². The Labute approximate surface area is 64.7 Å². The lowest BCUT2D eigenvalue weighted by Crippen LogP contribution is -1.93. The van der Waals surface area contributed by atoms with E-state index < -0.39 is 0 Å². The smallest absolute Gasteiger partial charge is 0.134 e. The standard InChI is InChI=1S/C8H9OS/c1-6(9)3-8-4-7(2)10-5-8/h4-5H,2-3H2,1H3. The molecule has 1 nitrogen and oxygen atoms in total. The molecule has 0 aliphatic carbocycles. The van der Waals surface area contributed by atoms with Crippen LogP contribution in [0.1, 0.15) is 17.4 Å². The van der Waals surface area contributed by atoms with Crippen LogP contribution in [0.25, 0.3) is 0 Å². The number of Topliss-reactive ketones (excluding diaryl/α,β-unsaturated/α-hetero) is 1. The summed E-state index contributed by atoms with van der Waals surface area (Å²) in [7, 11) is 0. The van der Waals surface area contributed by atoms with Crippen LogP contribution < -0.4 is 0 Å². The van der Waals surface area contributed by atoms with Crippen LogP contribution in [0.15, 0.2) is 11.4 Å². The van der Waals surface area contributed by atoms with Gasteiger partial charge in [0.2, 0.25) is 0 Å². The van der Waals surface area contributed by atoms with E-state index in [1.165, 1.54) is 0 Å². The van der Waals surface area contributed by atoms with E-state index in [1.807, 2.05) is 11.4 Å². The summed E-state index contributed by atoms with van der Waals surface area (Å²) in [6.45, 7) is 5.35. The third-order valence-corrected chi connectivity index (χ3v) is 2.00. The first kappa shape index (κ1) is 7.48. The Kier molecular flexibility index (Phi) is 2.22. The highest BCUT2D eigenvalue weighted by Crippen LogP contribution is 2.13. The van der Waals surface area contributed by atoms with Gasteiger partial charge in [0.15, 0.2) is 0 Å². The first-order valence-electron chi connectivity index (χ1n) is 3.07. The summed E-state index contributed by atoms with van der Waals surface area (Å²) in [6, 6.07) is 1.95. The quantitative estimate of drug-likeness (QED) is 0.635. The predicted molar refractivity (Wildman–Crippen MR) is 43.2 cm³/mol. The van der Waals surface area contributed by atoms with E-state index in [1.54, 1.807) is 18.3 Å². The predicted octanol–water partition coefficient (Wildman–Crippen LogP) is 2.06. The molecule has 1 rings (SSSR count). The maximum absolute atomic E-state index is 10.6. The molecule has 10 heavy (non-hydrogen) atoms. The Morgan fingerprint density at radius 2 is 2.50 bits per heavy atom. The van der Waals surface area contributed by atoms with Crippen LogP contribution in [0.2, 0.25) is 0 Å². The van der Waals surface area contributed by atoms with Gasteiger partial charge in [0.05, 0.1) is 0 Å². The van der Waals surface area contributed by atoms with Gasteiger partial charge >= 0.3 is 0 Å². The summed E-state index contributed by atoms with van der Waals surface area (Å²) >= 11 is 1.58. The molecule has 0 unspecified atom stereocenters. The van der Waals surface area contributed by atoms with Gasteiger partial charge in [0, 0.05) is 11.3 Å². The molecule has 0 atom stereocenters. The van der Waals surface area contributed by atoms with Crippen molar-refractivity contribution in [2.24, 2.45) is 0 Å². The van der Waals surface area contributed by atoms with Gasteiger partial charge in [0.25, 0.3) is 0 Å². The number of ketones is 1. The lowest BCUT2D eigenvalue weighted by molar-refractivity contribution is -0.116. The Bertz CT molecular complexity index is 237. The lowest BCUT2D eigenvalue weighted by atomic mass is 10.2. The fraction of sp³-hybridized carbons (Fsp3) is 0.250. The fourth-order valence-electron chi connectivity index (χ4n) is 0.806. The van der Waals surface area contributed by atoms with E-state index in [-0.39, 0.29) is 5.78 Å². The van der Waals surface area contributed by atoms with E-state index in [4.69, 9.17) is 0 Å². The Morgan fingerprint density at radius 3 is 2.90 bits per heavy atom. The van der Waals surface area contributed by atoms with Gasteiger partial charge in [-0.25, -0.2) is 0 Å². The van der Waals surface area contributed by atoms with Crippen molar-refractivity contribution in [3.05, 3.63) is 28.8 Å². The number of hydrogen-bond donors (Lipinski definition) is 0. The van der Waals surface area contributed by atoms with Crippen LogP contribution in [0.3, 0.4) is 0 Å². The number of thiophene rings is 1. The Hall–Kier alpha value is -0.630. The molecule has 0 spiro atoms. The molecule has 1 aromatic rings. The largest absolute Gasteiger partial charge is 0.300 e. The normalized spacial score (nSPS) is 9.80. The summed E-state index contributed by atoms with van der Waals surface area (Å²) in [5.74, 6) is 0.206. The van der Waals surface area contributed by atoms with Crippen LogP contribution in [0.4, 0.5) is 0 Å². The van der Waals surface area contributed by atoms with Gasteiger partial charge in [-0.05, 0) is 30.9 Å². The van der Waals surface area contributed by atoms with Crippen LogP contribution in [-0.2, 0) is 11.2 Å². The molecule has 0 fully saturated rings. The minimum absolute atomic E-state index is 0.206. The van der Waals surface area contributed by atoms with Crippen LogP contribution in [0, 0.1) is 6.92 Å². The minimum Gasteiger partial charge on any atom is -0.300 e. The summed E-state index contributed by atoms with van der Waals surface area (Å²) in [5, 5.41) is 1.98. The second kappa shape index (κ2) is 2.97. The molecule has 2 heteroatoms. The summed E-state index contributed by atoms with van der Waals surface area (Å²) in [5.41, 5.74) is 1.09. The zero-order valence-electron chi connectivity index (χ0n) is 5.89. The third kappa shape index (κ3) is 1.95. The van der Waals surface area contributed by atoms with Crippen molar-refractivity contribution in [2.45, 2.75) is 13.3 Å². The monoisotopic (exact) mass is 153 g/mol. The Morgan fingerprint density at radius 1 is 1.80 bits per heavy atom. The van der Waals surface area contributed by atoms with Crippen LogP contribution in [0.5, 0.6) is 0 Å². The molecular weight excluding hydrogens is 144 g/mol. The highest BCUT2D eigenvalue weighted by molar-refractivity contribution is 7.10. The molecule has 0 N–H and O–H groups in total. The number of rotatable bonds is 2. The van der Waals surface area contributed by atoms with Crippen molar-refractivity contribution in [2.75, 3.05) is 0 Å². The Balaban J connectivity index is 2.67. The van der Waals surface area contributed by atoms with Gasteiger partial charge in [0.1, 0.15) is 5.78 Å². The summed E-state index contributed by atoms with van der Waals surface area (Å²) in [6.07, 6.45) is 0.548. The molecule has 0 aliphatic rings. The first-order chi connectivity index (χ1) is 4.68. The number of hydrogen-bond acceptors (Lipinski definition) is 2. The van der Waals surface area contributed by atoms with E-state index in [0.29, 0.717) is 6.42 Å². The van der Waals surface area contributed by atoms with Crippen LogP contribution >= 0.6 is 11.3 Å². The molecule has 53 valence electrons. The molecule has 0 bridgehead atoms. The third-order valence-electron chi connectivity index (χ3n) is 1.16. The van der Waals surface area contributed by atoms with Crippen molar-refractivity contribution in [3.63, 3.8) is 0 Å². The summed E-state index contributed by atoms with van der Waals surface area (Å²) in [4.78, 5) is 11.6. The van der Waals surface area contributed by atoms with E-state index in [0.717, 1.165) is 10.4 Å². The first-order valence-corrected chi connectivity index (χ1v) is 3.95. The molecular formula is C8H9OS. The highest BCUT2D eigenvalue weighted by atomic mass is 32.1. The van der Waals surface area contributed by atoms with Gasteiger partial charge in [-0.15, -0.1) is 11.3 Å².